The van der Waals surface area contributed by atoms with Crippen molar-refractivity contribution < 1.29 is 9.53 Å². The zero-order chi connectivity index (χ0) is 22.3. The molecule has 0 saturated heterocycles. The number of Topliss-reactive ketones (excluding diaryl/α,β-unsaturated/α-hetero) is 1. The minimum atomic E-state index is -0.682. The molecule has 3 nitrogen and oxygen atoms in total. The minimum absolute atomic E-state index is 0.241. The van der Waals surface area contributed by atoms with Gasteiger partial charge in [-0.25, -0.2) is 0 Å². The first kappa shape index (κ1) is 22.8. The van der Waals surface area contributed by atoms with Crippen LogP contribution in [0.4, 0.5) is 0 Å². The summed E-state index contributed by atoms with van der Waals surface area (Å²) in [5.74, 6) is 1.09. The molecule has 0 aliphatic rings. The Hall–Kier alpha value is -2.91. The molecule has 0 bridgehead atoms. The predicted octanol–water partition coefficient (Wildman–Crippen LogP) is 5.52. The number of hydrogen-bond acceptors (Lipinski definition) is 3. The molecule has 0 aliphatic carbocycles. The number of hydrogen-bond donors (Lipinski definition) is 0. The van der Waals surface area contributed by atoms with E-state index >= 15 is 0 Å². The molecule has 3 aromatic rings. The van der Waals surface area contributed by atoms with Gasteiger partial charge in [-0.1, -0.05) is 72.8 Å². The van der Waals surface area contributed by atoms with E-state index in [9.17, 15) is 4.79 Å². The standard InChI is InChI=1S/C28H33NO2/c1-22(29(2)3)21-28(24-11-7-5-8-12-24,25-13-9-6-10-14-25)27(30)20-17-23-15-18-26(31-4)19-16-23/h5-16,18-19,22H,17,20-21H2,1-4H3/t22-/m0/s1. The Bertz CT molecular complexity index is 910. The van der Waals surface area contributed by atoms with Crippen LogP contribution >= 0.6 is 0 Å². The lowest BCUT2D eigenvalue weighted by Gasteiger charge is -2.38. The summed E-state index contributed by atoms with van der Waals surface area (Å²) < 4.78 is 5.26. The summed E-state index contributed by atoms with van der Waals surface area (Å²) >= 11 is 0. The molecule has 0 unspecified atom stereocenters. The lowest BCUT2D eigenvalue weighted by Crippen LogP contribution is -2.43. The molecule has 0 heterocycles. The van der Waals surface area contributed by atoms with Crippen molar-refractivity contribution in [2.75, 3.05) is 21.2 Å². The van der Waals surface area contributed by atoms with Gasteiger partial charge in [0.05, 0.1) is 12.5 Å². The number of benzene rings is 3. The molecule has 0 aromatic heterocycles. The highest BCUT2D eigenvalue weighted by Gasteiger charge is 2.42. The SMILES string of the molecule is COc1ccc(CCC(=O)C(C[C@H](C)N(C)C)(c2ccccc2)c2ccccc2)cc1. The molecule has 3 rings (SSSR count). The Morgan fingerprint density at radius 2 is 1.39 bits per heavy atom. The van der Waals surface area contributed by atoms with Gasteiger partial charge in [-0.2, -0.15) is 0 Å². The average molecular weight is 416 g/mol. The Morgan fingerprint density at radius 1 is 0.871 bits per heavy atom. The van der Waals surface area contributed by atoms with Crippen LogP contribution in [0, 0.1) is 0 Å². The summed E-state index contributed by atoms with van der Waals surface area (Å²) in [5, 5.41) is 0. The quantitative estimate of drug-likeness (QED) is 0.436. The molecule has 0 saturated carbocycles. The van der Waals surface area contributed by atoms with E-state index in [-0.39, 0.29) is 11.8 Å². The number of carbonyl (C=O) groups is 1. The predicted molar refractivity (Wildman–Crippen MR) is 128 cm³/mol. The molecule has 0 spiro atoms. The smallest absolute Gasteiger partial charge is 0.148 e. The third-order valence-electron chi connectivity index (χ3n) is 6.29. The van der Waals surface area contributed by atoms with Gasteiger partial charge in [0.25, 0.3) is 0 Å². The third kappa shape index (κ3) is 5.23. The van der Waals surface area contributed by atoms with Crippen LogP contribution in [0.3, 0.4) is 0 Å². The molecule has 162 valence electrons. The number of ketones is 1. The van der Waals surface area contributed by atoms with Crippen LogP contribution in [0.1, 0.15) is 36.5 Å². The van der Waals surface area contributed by atoms with E-state index in [2.05, 4.69) is 50.2 Å². The van der Waals surface area contributed by atoms with Gasteiger partial charge in [0, 0.05) is 12.5 Å². The van der Waals surface area contributed by atoms with Crippen LogP contribution in [0.5, 0.6) is 5.75 Å². The molecule has 0 radical (unpaired) electrons. The number of carbonyl (C=O) groups excluding carboxylic acids is 1. The normalized spacial score (nSPS) is 12.5. The van der Waals surface area contributed by atoms with Gasteiger partial charge in [0.2, 0.25) is 0 Å². The molecule has 0 aliphatic heterocycles. The Kier molecular flexibility index (Phi) is 7.64. The first-order valence-electron chi connectivity index (χ1n) is 10.9. The van der Waals surface area contributed by atoms with Gasteiger partial charge < -0.3 is 9.64 Å². The highest BCUT2D eigenvalue weighted by atomic mass is 16.5. The Morgan fingerprint density at radius 3 is 1.84 bits per heavy atom. The van der Waals surface area contributed by atoms with Crippen LogP contribution in [0.25, 0.3) is 0 Å². The summed E-state index contributed by atoms with van der Waals surface area (Å²) in [6.45, 7) is 2.19. The van der Waals surface area contributed by atoms with E-state index in [0.29, 0.717) is 12.8 Å². The molecular formula is C28H33NO2. The third-order valence-corrected chi connectivity index (χ3v) is 6.29. The molecule has 3 aromatic carbocycles. The van der Waals surface area contributed by atoms with Crippen molar-refractivity contribution in [2.45, 2.75) is 37.6 Å². The van der Waals surface area contributed by atoms with Crippen molar-refractivity contribution >= 4 is 5.78 Å². The number of aryl methyl sites for hydroxylation is 1. The number of methoxy groups -OCH3 is 1. The van der Waals surface area contributed by atoms with Crippen LogP contribution < -0.4 is 4.74 Å². The zero-order valence-corrected chi connectivity index (χ0v) is 19.0. The van der Waals surface area contributed by atoms with Crippen molar-refractivity contribution in [3.8, 4) is 5.75 Å². The molecule has 0 N–H and O–H groups in total. The summed E-state index contributed by atoms with van der Waals surface area (Å²) in [6.07, 6.45) is 1.92. The maximum absolute atomic E-state index is 14.1. The van der Waals surface area contributed by atoms with Crippen LogP contribution in [-0.4, -0.2) is 37.9 Å². The fraction of sp³-hybridized carbons (Fsp3) is 0.321. The maximum Gasteiger partial charge on any atom is 0.148 e. The van der Waals surface area contributed by atoms with Crippen molar-refractivity contribution in [2.24, 2.45) is 0 Å². The van der Waals surface area contributed by atoms with Crippen molar-refractivity contribution in [1.82, 2.24) is 4.90 Å². The van der Waals surface area contributed by atoms with Gasteiger partial charge in [0.15, 0.2) is 0 Å². The fourth-order valence-corrected chi connectivity index (χ4v) is 4.17. The van der Waals surface area contributed by atoms with Crippen molar-refractivity contribution in [3.63, 3.8) is 0 Å². The summed E-state index contributed by atoms with van der Waals surface area (Å²) in [5.41, 5.74) is 2.59. The summed E-state index contributed by atoms with van der Waals surface area (Å²) in [7, 11) is 5.82. The maximum atomic E-state index is 14.1. The van der Waals surface area contributed by atoms with Crippen molar-refractivity contribution in [1.29, 1.82) is 0 Å². The molecule has 31 heavy (non-hydrogen) atoms. The van der Waals surface area contributed by atoms with E-state index in [1.54, 1.807) is 7.11 Å². The van der Waals surface area contributed by atoms with E-state index < -0.39 is 5.41 Å². The summed E-state index contributed by atoms with van der Waals surface area (Å²) in [4.78, 5) is 16.3. The lowest BCUT2D eigenvalue weighted by atomic mass is 9.66. The van der Waals surface area contributed by atoms with Gasteiger partial charge in [0.1, 0.15) is 11.5 Å². The Labute approximate surface area is 186 Å². The van der Waals surface area contributed by atoms with Gasteiger partial charge >= 0.3 is 0 Å². The highest BCUT2D eigenvalue weighted by molar-refractivity contribution is 5.94. The first-order valence-corrected chi connectivity index (χ1v) is 10.9. The molecule has 0 fully saturated rings. The van der Waals surface area contributed by atoms with Crippen LogP contribution in [-0.2, 0) is 16.6 Å². The van der Waals surface area contributed by atoms with E-state index in [0.717, 1.165) is 28.9 Å². The lowest BCUT2D eigenvalue weighted by molar-refractivity contribution is -0.123. The average Bonchev–Trinajstić information content (AvgIpc) is 2.82. The van der Waals surface area contributed by atoms with Gasteiger partial charge in [-0.3, -0.25) is 4.79 Å². The second-order valence-electron chi connectivity index (χ2n) is 8.43. The van der Waals surface area contributed by atoms with Crippen LogP contribution in [0.15, 0.2) is 84.9 Å². The Balaban J connectivity index is 2.01. The molecule has 1 atom stereocenters. The number of ether oxygens (including phenoxy) is 1. The minimum Gasteiger partial charge on any atom is -0.497 e. The number of nitrogens with zero attached hydrogens (tertiary/aromatic N) is 1. The second-order valence-corrected chi connectivity index (χ2v) is 8.43. The largest absolute Gasteiger partial charge is 0.497 e. The highest BCUT2D eigenvalue weighted by Crippen LogP contribution is 2.39. The molecular weight excluding hydrogens is 382 g/mol. The molecule has 3 heteroatoms. The first-order chi connectivity index (χ1) is 15.0. The molecule has 0 amide bonds. The van der Waals surface area contributed by atoms with Gasteiger partial charge in [-0.15, -0.1) is 0 Å². The monoisotopic (exact) mass is 415 g/mol. The van der Waals surface area contributed by atoms with E-state index in [1.165, 1.54) is 0 Å². The van der Waals surface area contributed by atoms with E-state index in [4.69, 9.17) is 4.74 Å². The topological polar surface area (TPSA) is 29.5 Å². The zero-order valence-electron chi connectivity index (χ0n) is 19.0. The van der Waals surface area contributed by atoms with Crippen molar-refractivity contribution in [3.05, 3.63) is 102 Å². The van der Waals surface area contributed by atoms with Crippen LogP contribution in [0.2, 0.25) is 0 Å². The number of rotatable bonds is 10. The fourth-order valence-electron chi connectivity index (χ4n) is 4.17. The van der Waals surface area contributed by atoms with Gasteiger partial charge in [-0.05, 0) is 62.7 Å². The summed E-state index contributed by atoms with van der Waals surface area (Å²) in [6, 6.07) is 28.8. The second kappa shape index (κ2) is 10.4. The van der Waals surface area contributed by atoms with E-state index in [1.807, 2.05) is 60.7 Å².